The molecule has 0 saturated heterocycles. The number of amides is 3. The molecule has 13 heteroatoms. The van der Waals surface area contributed by atoms with Gasteiger partial charge in [0, 0.05) is 18.3 Å². The van der Waals surface area contributed by atoms with Crippen molar-refractivity contribution in [2.24, 2.45) is 11.7 Å². The number of aliphatic carboxylic acids is 1. The van der Waals surface area contributed by atoms with Crippen LogP contribution in [0, 0.1) is 5.92 Å². The first-order valence-corrected chi connectivity index (χ1v) is 12.4. The maximum absolute atomic E-state index is 12.9. The third-order valence-electron chi connectivity index (χ3n) is 5.41. The fraction of sp³-hybridized carbons (Fsp3) is 0.667. The van der Waals surface area contributed by atoms with Gasteiger partial charge in [-0.05, 0) is 31.3 Å². The summed E-state index contributed by atoms with van der Waals surface area (Å²) in [6.07, 6.45) is 4.40. The van der Waals surface area contributed by atoms with Crippen LogP contribution >= 0.6 is 11.8 Å². The number of aromatic nitrogens is 2. The lowest BCUT2D eigenvalue weighted by atomic mass is 9.97. The van der Waals surface area contributed by atoms with E-state index in [0.29, 0.717) is 17.9 Å². The Morgan fingerprint density at radius 2 is 1.74 bits per heavy atom. The summed E-state index contributed by atoms with van der Waals surface area (Å²) in [5.74, 6) is -3.07. The summed E-state index contributed by atoms with van der Waals surface area (Å²) >= 11 is 1.45. The minimum Gasteiger partial charge on any atom is -0.480 e. The van der Waals surface area contributed by atoms with Gasteiger partial charge in [-0.3, -0.25) is 14.4 Å². The molecule has 6 atom stereocenters. The molecule has 1 aromatic heterocycles. The molecule has 0 aliphatic heterocycles. The molecule has 0 radical (unpaired) electrons. The van der Waals surface area contributed by atoms with Crippen molar-refractivity contribution < 1.29 is 29.4 Å². The van der Waals surface area contributed by atoms with Crippen LogP contribution in [0.15, 0.2) is 12.5 Å². The number of imidazole rings is 1. The molecular weight excluding hydrogens is 464 g/mol. The van der Waals surface area contributed by atoms with E-state index in [-0.39, 0.29) is 18.8 Å². The second-order valence-corrected chi connectivity index (χ2v) is 9.15. The normalized spacial score (nSPS) is 16.4. The minimum atomic E-state index is -1.37. The summed E-state index contributed by atoms with van der Waals surface area (Å²) in [6.45, 7) is 4.88. The van der Waals surface area contributed by atoms with Gasteiger partial charge in [-0.1, -0.05) is 20.3 Å². The number of aliphatic hydroxyl groups excluding tert-OH is 1. The molecule has 1 heterocycles. The van der Waals surface area contributed by atoms with E-state index in [1.807, 2.05) is 13.2 Å². The van der Waals surface area contributed by atoms with Crippen molar-refractivity contribution in [3.8, 4) is 0 Å². The second kappa shape index (κ2) is 14.6. The zero-order chi connectivity index (χ0) is 25.8. The highest BCUT2D eigenvalue weighted by molar-refractivity contribution is 7.98. The number of H-pyrrole nitrogens is 1. The van der Waals surface area contributed by atoms with Gasteiger partial charge in [0.1, 0.15) is 18.1 Å². The number of thioether (sulfide) groups is 1. The van der Waals surface area contributed by atoms with Gasteiger partial charge in [0.05, 0.1) is 18.5 Å². The van der Waals surface area contributed by atoms with Crippen LogP contribution in [-0.2, 0) is 25.6 Å². The molecule has 0 saturated carbocycles. The summed E-state index contributed by atoms with van der Waals surface area (Å²) in [5, 5.41) is 27.0. The molecule has 0 fully saturated rings. The van der Waals surface area contributed by atoms with Crippen molar-refractivity contribution >= 4 is 35.5 Å². The average molecular weight is 501 g/mol. The summed E-state index contributed by atoms with van der Waals surface area (Å²) < 4.78 is 0. The molecule has 0 bridgehead atoms. The Balaban J connectivity index is 2.91. The van der Waals surface area contributed by atoms with Crippen molar-refractivity contribution in [1.82, 2.24) is 25.9 Å². The number of rotatable bonds is 15. The van der Waals surface area contributed by atoms with Crippen LogP contribution in [0.1, 0.15) is 39.3 Å². The number of aliphatic hydroxyl groups is 1. The first-order valence-electron chi connectivity index (χ1n) is 11.0. The highest BCUT2D eigenvalue weighted by Crippen LogP contribution is 2.11. The molecule has 0 aliphatic rings. The average Bonchev–Trinajstić information content (AvgIpc) is 3.29. The summed E-state index contributed by atoms with van der Waals surface area (Å²) in [6, 6.07) is -4.54. The van der Waals surface area contributed by atoms with Crippen molar-refractivity contribution in [3.05, 3.63) is 18.2 Å². The highest BCUT2D eigenvalue weighted by atomic mass is 32.2. The summed E-state index contributed by atoms with van der Waals surface area (Å²) in [7, 11) is 0. The Morgan fingerprint density at radius 3 is 2.24 bits per heavy atom. The zero-order valence-electron chi connectivity index (χ0n) is 19.9. The number of carbonyl (C=O) groups is 4. The fourth-order valence-corrected chi connectivity index (χ4v) is 3.56. The first-order chi connectivity index (χ1) is 16.0. The number of carbonyl (C=O) groups excluding carboxylic acids is 3. The Hall–Kier alpha value is -2.64. The molecule has 0 spiro atoms. The first kappa shape index (κ1) is 29.4. The zero-order valence-corrected chi connectivity index (χ0v) is 20.7. The van der Waals surface area contributed by atoms with Crippen molar-refractivity contribution in [2.45, 2.75) is 70.3 Å². The van der Waals surface area contributed by atoms with Crippen LogP contribution in [0.3, 0.4) is 0 Å². The number of nitrogens with two attached hydrogens (primary N) is 1. The number of carboxylic acids is 1. The third-order valence-corrected chi connectivity index (χ3v) is 6.06. The van der Waals surface area contributed by atoms with Gasteiger partial charge >= 0.3 is 5.97 Å². The van der Waals surface area contributed by atoms with E-state index in [9.17, 15) is 29.4 Å². The van der Waals surface area contributed by atoms with E-state index < -0.39 is 54.0 Å². The Morgan fingerprint density at radius 1 is 1.12 bits per heavy atom. The monoisotopic (exact) mass is 500 g/mol. The molecule has 8 N–H and O–H groups in total. The van der Waals surface area contributed by atoms with Gasteiger partial charge in [0.15, 0.2) is 0 Å². The predicted molar refractivity (Wildman–Crippen MR) is 128 cm³/mol. The van der Waals surface area contributed by atoms with Gasteiger partial charge in [-0.25, -0.2) is 9.78 Å². The van der Waals surface area contributed by atoms with Crippen molar-refractivity contribution in [1.29, 1.82) is 0 Å². The Labute approximate surface area is 203 Å². The smallest absolute Gasteiger partial charge is 0.326 e. The summed E-state index contributed by atoms with van der Waals surface area (Å²) in [5.41, 5.74) is 6.53. The third kappa shape index (κ3) is 9.31. The standard InChI is InChI=1S/C21H36N6O6S/c1-5-11(2)16(19(30)25-15(21(32)33)6-7-34-4)26-20(31)17(12(3)28)27-18(29)14(22)8-13-9-23-10-24-13/h9-12,14-17,28H,5-8,22H2,1-4H3,(H,23,24)(H,25,30)(H,26,31)(H,27,29)(H,32,33). The number of aromatic amines is 1. The van der Waals surface area contributed by atoms with Crippen LogP contribution in [0.5, 0.6) is 0 Å². The van der Waals surface area contributed by atoms with Crippen LogP contribution in [0.2, 0.25) is 0 Å². The Kier molecular flexibility index (Phi) is 12.6. The van der Waals surface area contributed by atoms with Crippen LogP contribution in [-0.4, -0.2) is 86.2 Å². The van der Waals surface area contributed by atoms with Gasteiger partial charge < -0.3 is 36.9 Å². The molecule has 3 amide bonds. The number of nitrogens with one attached hydrogen (secondary N) is 4. The minimum absolute atomic E-state index is 0.143. The van der Waals surface area contributed by atoms with E-state index >= 15 is 0 Å². The predicted octanol–water partition coefficient (Wildman–Crippen LogP) is -1.00. The quantitative estimate of drug-likeness (QED) is 0.158. The van der Waals surface area contributed by atoms with E-state index in [0.717, 1.165) is 0 Å². The topological polar surface area (TPSA) is 200 Å². The Bertz CT molecular complexity index is 806. The second-order valence-electron chi connectivity index (χ2n) is 8.17. The lowest BCUT2D eigenvalue weighted by molar-refractivity contribution is -0.142. The van der Waals surface area contributed by atoms with Crippen LogP contribution < -0.4 is 21.7 Å². The van der Waals surface area contributed by atoms with Gasteiger partial charge in [-0.15, -0.1) is 0 Å². The lowest BCUT2D eigenvalue weighted by Crippen LogP contribution is -2.61. The van der Waals surface area contributed by atoms with Crippen LogP contribution in [0.4, 0.5) is 0 Å². The number of carboxylic acid groups (broad SMARTS) is 1. The molecule has 0 aliphatic carbocycles. The SMILES string of the molecule is CCC(C)C(NC(=O)C(NC(=O)C(N)Cc1cnc[nH]1)C(C)O)C(=O)NC(CCSC)C(=O)O. The summed E-state index contributed by atoms with van der Waals surface area (Å²) in [4.78, 5) is 56.5. The molecule has 34 heavy (non-hydrogen) atoms. The molecule has 12 nitrogen and oxygen atoms in total. The number of hydrogen-bond donors (Lipinski definition) is 7. The molecule has 1 aromatic rings. The van der Waals surface area contributed by atoms with E-state index in [1.165, 1.54) is 31.2 Å². The maximum Gasteiger partial charge on any atom is 0.326 e. The van der Waals surface area contributed by atoms with Crippen molar-refractivity contribution in [2.75, 3.05) is 12.0 Å². The number of hydrogen-bond acceptors (Lipinski definition) is 8. The molecular formula is C21H36N6O6S. The van der Waals surface area contributed by atoms with E-state index in [1.54, 1.807) is 6.92 Å². The molecule has 1 rings (SSSR count). The maximum atomic E-state index is 12.9. The van der Waals surface area contributed by atoms with Gasteiger partial charge in [0.25, 0.3) is 0 Å². The van der Waals surface area contributed by atoms with Gasteiger partial charge in [-0.2, -0.15) is 11.8 Å². The van der Waals surface area contributed by atoms with Crippen molar-refractivity contribution in [3.63, 3.8) is 0 Å². The molecule has 6 unspecified atom stereocenters. The van der Waals surface area contributed by atoms with Gasteiger partial charge in [0.2, 0.25) is 17.7 Å². The van der Waals surface area contributed by atoms with Crippen LogP contribution in [0.25, 0.3) is 0 Å². The highest BCUT2D eigenvalue weighted by Gasteiger charge is 2.34. The molecule has 0 aromatic carbocycles. The van der Waals surface area contributed by atoms with E-state index in [4.69, 9.17) is 5.73 Å². The lowest BCUT2D eigenvalue weighted by Gasteiger charge is -2.29. The largest absolute Gasteiger partial charge is 0.480 e. The van der Waals surface area contributed by atoms with E-state index in [2.05, 4.69) is 25.9 Å². The fourth-order valence-electron chi connectivity index (χ4n) is 3.09. The number of nitrogens with zero attached hydrogens (tertiary/aromatic N) is 1. The molecule has 192 valence electrons.